The standard InChI is InChI=1S/C25H26N6O4/c1-34-18-10-11-22(35-2)19(14-18)20-15-21(28-27-20)24(32)26-12-13-30-25(33)31(17-6-4-3-5-7-17)23(29-30)16-8-9-16/h3-7,10-11,14-16H,8-9,12-13H2,1-2H3,(H,26,32)(H,27,28). The monoisotopic (exact) mass is 474 g/mol. The first-order valence-corrected chi connectivity index (χ1v) is 11.4. The van der Waals surface area contributed by atoms with E-state index in [1.807, 2.05) is 30.3 Å². The molecular weight excluding hydrogens is 448 g/mol. The molecule has 180 valence electrons. The molecule has 4 aromatic rings. The fourth-order valence-electron chi connectivity index (χ4n) is 3.96. The molecule has 5 rings (SSSR count). The number of para-hydroxylation sites is 1. The molecule has 0 unspecified atom stereocenters. The van der Waals surface area contributed by atoms with Gasteiger partial charge >= 0.3 is 5.69 Å². The van der Waals surface area contributed by atoms with Crippen LogP contribution >= 0.6 is 0 Å². The third-order valence-corrected chi connectivity index (χ3v) is 5.94. The van der Waals surface area contributed by atoms with Gasteiger partial charge in [0, 0.05) is 18.0 Å². The average Bonchev–Trinajstić information content (AvgIpc) is 3.52. The predicted molar refractivity (Wildman–Crippen MR) is 129 cm³/mol. The SMILES string of the molecule is COc1ccc(OC)c(-c2cc(C(=O)NCCn3nc(C4CC4)n(-c4ccccc4)c3=O)[nH]n2)c1. The minimum absolute atomic E-state index is 0.207. The lowest BCUT2D eigenvalue weighted by Crippen LogP contribution is -2.32. The van der Waals surface area contributed by atoms with Crippen LogP contribution in [0.15, 0.2) is 59.4 Å². The summed E-state index contributed by atoms with van der Waals surface area (Å²) in [5, 5.41) is 14.4. The van der Waals surface area contributed by atoms with Gasteiger partial charge in [0.15, 0.2) is 0 Å². The number of hydrogen-bond donors (Lipinski definition) is 2. The quantitative estimate of drug-likeness (QED) is 0.385. The Bertz CT molecular complexity index is 1400. The molecule has 0 radical (unpaired) electrons. The molecule has 1 aliphatic carbocycles. The molecule has 1 fully saturated rings. The molecule has 2 heterocycles. The first-order chi connectivity index (χ1) is 17.1. The van der Waals surface area contributed by atoms with Crippen molar-refractivity contribution in [2.75, 3.05) is 20.8 Å². The van der Waals surface area contributed by atoms with E-state index in [2.05, 4.69) is 20.6 Å². The van der Waals surface area contributed by atoms with Gasteiger partial charge < -0.3 is 14.8 Å². The van der Waals surface area contributed by atoms with Gasteiger partial charge in [-0.2, -0.15) is 10.2 Å². The number of H-pyrrole nitrogens is 1. The van der Waals surface area contributed by atoms with Crippen LogP contribution < -0.4 is 20.5 Å². The van der Waals surface area contributed by atoms with Gasteiger partial charge in [-0.3, -0.25) is 9.89 Å². The molecule has 0 aliphatic heterocycles. The molecule has 2 aromatic carbocycles. The fourth-order valence-corrected chi connectivity index (χ4v) is 3.96. The van der Waals surface area contributed by atoms with E-state index in [0.717, 1.165) is 24.4 Å². The van der Waals surface area contributed by atoms with Gasteiger partial charge in [0.1, 0.15) is 23.0 Å². The van der Waals surface area contributed by atoms with Crippen LogP contribution in [-0.4, -0.2) is 51.2 Å². The van der Waals surface area contributed by atoms with Crippen molar-refractivity contribution < 1.29 is 14.3 Å². The highest BCUT2D eigenvalue weighted by molar-refractivity contribution is 5.93. The number of benzene rings is 2. The lowest BCUT2D eigenvalue weighted by molar-refractivity contribution is 0.0946. The number of hydrogen-bond acceptors (Lipinski definition) is 6. The van der Waals surface area contributed by atoms with Crippen LogP contribution in [0.4, 0.5) is 0 Å². The summed E-state index contributed by atoms with van der Waals surface area (Å²) in [4.78, 5) is 25.8. The minimum Gasteiger partial charge on any atom is -0.497 e. The Morgan fingerprint density at radius 2 is 1.91 bits per heavy atom. The van der Waals surface area contributed by atoms with Gasteiger partial charge in [-0.25, -0.2) is 14.0 Å². The molecule has 1 amide bonds. The van der Waals surface area contributed by atoms with Gasteiger partial charge in [0.2, 0.25) is 0 Å². The van der Waals surface area contributed by atoms with Gasteiger partial charge in [-0.15, -0.1) is 0 Å². The Kier molecular flexibility index (Phi) is 6.09. The molecule has 35 heavy (non-hydrogen) atoms. The lowest BCUT2D eigenvalue weighted by atomic mass is 10.1. The Hall–Kier alpha value is -4.34. The van der Waals surface area contributed by atoms with E-state index in [-0.39, 0.29) is 24.7 Å². The Morgan fingerprint density at radius 3 is 2.63 bits per heavy atom. The number of carbonyl (C=O) groups excluding carboxylic acids is 1. The third kappa shape index (κ3) is 4.54. The molecular formula is C25H26N6O4. The van der Waals surface area contributed by atoms with Gasteiger partial charge in [0.25, 0.3) is 5.91 Å². The van der Waals surface area contributed by atoms with Crippen molar-refractivity contribution in [2.45, 2.75) is 25.3 Å². The number of nitrogens with zero attached hydrogens (tertiary/aromatic N) is 4. The first kappa shape index (κ1) is 22.5. The summed E-state index contributed by atoms with van der Waals surface area (Å²) < 4.78 is 13.8. The van der Waals surface area contributed by atoms with Crippen LogP contribution in [0.3, 0.4) is 0 Å². The molecule has 10 nitrogen and oxygen atoms in total. The predicted octanol–water partition coefficient (Wildman–Crippen LogP) is 2.75. The van der Waals surface area contributed by atoms with Crippen molar-refractivity contribution in [2.24, 2.45) is 0 Å². The maximum absolute atomic E-state index is 13.1. The lowest BCUT2D eigenvalue weighted by Gasteiger charge is -2.08. The van der Waals surface area contributed by atoms with Crippen molar-refractivity contribution >= 4 is 5.91 Å². The van der Waals surface area contributed by atoms with Gasteiger partial charge in [-0.05, 0) is 49.2 Å². The number of aromatic nitrogens is 5. The summed E-state index contributed by atoms with van der Waals surface area (Å²) in [6.45, 7) is 0.500. The number of aromatic amines is 1. The molecule has 2 aromatic heterocycles. The Balaban J connectivity index is 1.28. The molecule has 2 N–H and O–H groups in total. The zero-order chi connectivity index (χ0) is 24.4. The highest BCUT2D eigenvalue weighted by Crippen LogP contribution is 2.39. The largest absolute Gasteiger partial charge is 0.497 e. The van der Waals surface area contributed by atoms with Crippen LogP contribution in [0.2, 0.25) is 0 Å². The Morgan fingerprint density at radius 1 is 1.11 bits per heavy atom. The van der Waals surface area contributed by atoms with E-state index < -0.39 is 0 Å². The smallest absolute Gasteiger partial charge is 0.350 e. The van der Waals surface area contributed by atoms with E-state index >= 15 is 0 Å². The van der Waals surface area contributed by atoms with Crippen LogP contribution in [-0.2, 0) is 6.54 Å². The second-order valence-corrected chi connectivity index (χ2v) is 8.30. The summed E-state index contributed by atoms with van der Waals surface area (Å²) in [5.41, 5.74) is 2.14. The summed E-state index contributed by atoms with van der Waals surface area (Å²) >= 11 is 0. The Labute approximate surface area is 201 Å². The number of ether oxygens (including phenoxy) is 2. The zero-order valence-corrected chi connectivity index (χ0v) is 19.5. The minimum atomic E-state index is -0.330. The number of rotatable bonds is 9. The van der Waals surface area contributed by atoms with Gasteiger partial charge in [-0.1, -0.05) is 18.2 Å². The fraction of sp³-hybridized carbons (Fsp3) is 0.280. The second-order valence-electron chi connectivity index (χ2n) is 8.30. The summed E-state index contributed by atoms with van der Waals surface area (Å²) in [6, 6.07) is 16.5. The summed E-state index contributed by atoms with van der Waals surface area (Å²) in [6.07, 6.45) is 2.06. The van der Waals surface area contributed by atoms with Crippen LogP contribution in [0.5, 0.6) is 11.5 Å². The maximum atomic E-state index is 13.1. The van der Waals surface area contributed by atoms with Crippen molar-refractivity contribution in [3.05, 3.63) is 76.6 Å². The molecule has 1 saturated carbocycles. The molecule has 1 aliphatic rings. The first-order valence-electron chi connectivity index (χ1n) is 11.4. The highest BCUT2D eigenvalue weighted by atomic mass is 16.5. The summed E-state index contributed by atoms with van der Waals surface area (Å²) in [7, 11) is 3.15. The topological polar surface area (TPSA) is 116 Å². The molecule has 10 heteroatoms. The van der Waals surface area contributed by atoms with Crippen LogP contribution in [0.25, 0.3) is 16.9 Å². The van der Waals surface area contributed by atoms with E-state index in [1.54, 1.807) is 43.1 Å². The number of nitrogens with one attached hydrogen (secondary N) is 2. The van der Waals surface area contributed by atoms with E-state index in [1.165, 1.54) is 4.68 Å². The zero-order valence-electron chi connectivity index (χ0n) is 19.5. The molecule has 0 saturated heterocycles. The average molecular weight is 475 g/mol. The van der Waals surface area contributed by atoms with Crippen molar-refractivity contribution in [1.29, 1.82) is 0 Å². The van der Waals surface area contributed by atoms with E-state index in [4.69, 9.17) is 9.47 Å². The molecule has 0 atom stereocenters. The van der Waals surface area contributed by atoms with Crippen LogP contribution in [0.1, 0.15) is 35.1 Å². The van der Waals surface area contributed by atoms with Crippen molar-refractivity contribution in [3.63, 3.8) is 0 Å². The van der Waals surface area contributed by atoms with E-state index in [0.29, 0.717) is 34.4 Å². The number of carbonyl (C=O) groups is 1. The van der Waals surface area contributed by atoms with Gasteiger partial charge in [0.05, 0.1) is 32.1 Å². The van der Waals surface area contributed by atoms with Crippen molar-refractivity contribution in [3.8, 4) is 28.4 Å². The van der Waals surface area contributed by atoms with Crippen LogP contribution in [0, 0.1) is 0 Å². The second kappa shape index (κ2) is 9.49. The number of methoxy groups -OCH3 is 2. The molecule has 0 bridgehead atoms. The highest BCUT2D eigenvalue weighted by Gasteiger charge is 2.31. The molecule has 0 spiro atoms. The third-order valence-electron chi connectivity index (χ3n) is 5.94. The maximum Gasteiger partial charge on any atom is 0.350 e. The van der Waals surface area contributed by atoms with E-state index in [9.17, 15) is 9.59 Å². The van der Waals surface area contributed by atoms with Crippen molar-refractivity contribution in [1.82, 2.24) is 29.9 Å². The normalized spacial score (nSPS) is 13.0. The summed E-state index contributed by atoms with van der Waals surface area (Å²) in [5.74, 6) is 2.02. The number of amides is 1.